The van der Waals surface area contributed by atoms with Gasteiger partial charge in [0.1, 0.15) is 0 Å². The smallest absolute Gasteiger partial charge is 0.347 e. The van der Waals surface area contributed by atoms with E-state index in [1.54, 1.807) is 26.0 Å². The van der Waals surface area contributed by atoms with E-state index in [0.29, 0.717) is 23.1 Å². The first-order valence-electron chi connectivity index (χ1n) is 8.28. The monoisotopic (exact) mass is 378 g/mol. The summed E-state index contributed by atoms with van der Waals surface area (Å²) in [5, 5.41) is 0.358. The minimum absolute atomic E-state index is 0.288. The Morgan fingerprint density at radius 3 is 2.62 bits per heavy atom. The predicted molar refractivity (Wildman–Crippen MR) is 102 cm³/mol. The number of esters is 1. The molecule has 0 fully saturated rings. The molecule has 2 aromatic carbocycles. The van der Waals surface area contributed by atoms with Crippen LogP contribution in [-0.4, -0.2) is 25.8 Å². The fourth-order valence-corrected chi connectivity index (χ4v) is 2.52. The summed E-state index contributed by atoms with van der Waals surface area (Å²) >= 11 is 6.33. The number of carbonyl (C=O) groups excluding carboxylic acids is 1. The van der Waals surface area contributed by atoms with Crippen LogP contribution in [0.4, 0.5) is 5.69 Å². The molecule has 2 N–H and O–H groups in total. The molecule has 26 heavy (non-hydrogen) atoms. The molecule has 0 bridgehead atoms. The number of para-hydroxylation sites is 1. The Hall–Kier alpha value is -2.44. The maximum atomic E-state index is 11.8. The van der Waals surface area contributed by atoms with Gasteiger partial charge < -0.3 is 19.6 Å². The molecule has 0 saturated heterocycles. The molecule has 0 amide bonds. The van der Waals surface area contributed by atoms with Crippen LogP contribution < -0.4 is 20.3 Å². The van der Waals surface area contributed by atoms with Crippen molar-refractivity contribution in [3.05, 3.63) is 53.1 Å². The Bertz CT molecular complexity index is 725. The van der Waals surface area contributed by atoms with Crippen molar-refractivity contribution < 1.29 is 19.0 Å². The minimum Gasteiger partial charge on any atom is -0.493 e. The van der Waals surface area contributed by atoms with Gasteiger partial charge in [0.15, 0.2) is 17.6 Å². The molecule has 1 atom stereocenters. The Kier molecular flexibility index (Phi) is 7.56. The van der Waals surface area contributed by atoms with Crippen LogP contribution in [-0.2, 0) is 16.1 Å². The topological polar surface area (TPSA) is 68.8 Å². The lowest BCUT2D eigenvalue weighted by Crippen LogP contribution is -2.26. The molecular formula is C19H23ClN2O4. The lowest BCUT2D eigenvalue weighted by atomic mass is 10.2. The largest absolute Gasteiger partial charge is 0.493 e. The van der Waals surface area contributed by atoms with Crippen molar-refractivity contribution >= 4 is 23.3 Å². The van der Waals surface area contributed by atoms with Crippen molar-refractivity contribution in [1.29, 1.82) is 0 Å². The molecule has 0 aliphatic rings. The summed E-state index contributed by atoms with van der Waals surface area (Å²) in [6.45, 7) is 4.14. The fourth-order valence-electron chi connectivity index (χ4n) is 2.24. The zero-order valence-corrected chi connectivity index (χ0v) is 15.8. The van der Waals surface area contributed by atoms with Gasteiger partial charge in [-0.05, 0) is 43.7 Å². The van der Waals surface area contributed by atoms with Gasteiger partial charge in [0, 0.05) is 12.2 Å². The molecule has 0 aliphatic carbocycles. The zero-order valence-electron chi connectivity index (χ0n) is 15.0. The summed E-state index contributed by atoms with van der Waals surface area (Å²) in [5.41, 5.74) is 8.06. The van der Waals surface area contributed by atoms with Gasteiger partial charge in [-0.25, -0.2) is 10.2 Å². The standard InChI is InChI=1S/C19H23ClN2O4/c1-4-25-19(23)13(2)26-18-16(20)10-14(11-17(18)24-3)12-21-22-15-8-6-5-7-9-15/h5-11,13,21-22H,4,12H2,1-3H3. The summed E-state index contributed by atoms with van der Waals surface area (Å²) in [7, 11) is 1.52. The number of benzene rings is 2. The number of hydrogen-bond donors (Lipinski definition) is 2. The van der Waals surface area contributed by atoms with E-state index >= 15 is 0 Å². The van der Waals surface area contributed by atoms with Crippen LogP contribution >= 0.6 is 11.6 Å². The van der Waals surface area contributed by atoms with Gasteiger partial charge in [-0.15, -0.1) is 0 Å². The molecule has 0 spiro atoms. The number of methoxy groups -OCH3 is 1. The molecule has 140 valence electrons. The van der Waals surface area contributed by atoms with E-state index in [1.165, 1.54) is 7.11 Å². The van der Waals surface area contributed by atoms with Crippen molar-refractivity contribution in [3.63, 3.8) is 0 Å². The second-order valence-electron chi connectivity index (χ2n) is 5.47. The number of ether oxygens (including phenoxy) is 3. The van der Waals surface area contributed by atoms with Crippen LogP contribution in [0, 0.1) is 0 Å². The third-order valence-electron chi connectivity index (χ3n) is 3.50. The van der Waals surface area contributed by atoms with Gasteiger partial charge >= 0.3 is 5.97 Å². The predicted octanol–water partition coefficient (Wildman–Crippen LogP) is 3.80. The molecule has 0 saturated carbocycles. The summed E-state index contributed by atoms with van der Waals surface area (Å²) in [4.78, 5) is 11.8. The van der Waals surface area contributed by atoms with E-state index < -0.39 is 12.1 Å². The molecule has 7 heteroatoms. The quantitative estimate of drug-likeness (QED) is 0.511. The molecule has 2 rings (SSSR count). The molecule has 2 aromatic rings. The SMILES string of the molecule is CCOC(=O)C(C)Oc1c(Cl)cc(CNNc2ccccc2)cc1OC. The number of anilines is 1. The highest BCUT2D eigenvalue weighted by atomic mass is 35.5. The third-order valence-corrected chi connectivity index (χ3v) is 3.78. The van der Waals surface area contributed by atoms with Crippen molar-refractivity contribution in [2.24, 2.45) is 0 Å². The molecular weight excluding hydrogens is 356 g/mol. The summed E-state index contributed by atoms with van der Waals surface area (Å²) in [6.07, 6.45) is -0.787. The number of rotatable bonds is 9. The molecule has 0 heterocycles. The fraction of sp³-hybridized carbons (Fsp3) is 0.316. The third kappa shape index (κ3) is 5.54. The van der Waals surface area contributed by atoms with Crippen LogP contribution in [0.1, 0.15) is 19.4 Å². The van der Waals surface area contributed by atoms with E-state index in [-0.39, 0.29) is 6.61 Å². The Balaban J connectivity index is 2.04. The second-order valence-corrected chi connectivity index (χ2v) is 5.87. The Labute approximate surface area is 158 Å². The van der Waals surface area contributed by atoms with E-state index in [2.05, 4.69) is 10.9 Å². The van der Waals surface area contributed by atoms with Crippen LogP contribution in [0.15, 0.2) is 42.5 Å². The van der Waals surface area contributed by atoms with E-state index in [0.717, 1.165) is 11.3 Å². The zero-order chi connectivity index (χ0) is 18.9. The molecule has 1 unspecified atom stereocenters. The van der Waals surface area contributed by atoms with Gasteiger partial charge in [-0.3, -0.25) is 0 Å². The first-order chi connectivity index (χ1) is 12.5. The lowest BCUT2D eigenvalue weighted by Gasteiger charge is -2.18. The molecule has 0 radical (unpaired) electrons. The first kappa shape index (κ1) is 19.9. The number of hydrazine groups is 1. The normalized spacial score (nSPS) is 11.5. The number of nitrogens with one attached hydrogen (secondary N) is 2. The van der Waals surface area contributed by atoms with Crippen LogP contribution in [0.5, 0.6) is 11.5 Å². The van der Waals surface area contributed by atoms with Crippen LogP contribution in [0.3, 0.4) is 0 Å². The summed E-state index contributed by atoms with van der Waals surface area (Å²) < 4.78 is 15.9. The van der Waals surface area contributed by atoms with Gasteiger partial charge in [-0.1, -0.05) is 29.8 Å². The van der Waals surface area contributed by atoms with Crippen molar-refractivity contribution in [2.45, 2.75) is 26.5 Å². The highest BCUT2D eigenvalue weighted by Gasteiger charge is 2.20. The van der Waals surface area contributed by atoms with Crippen molar-refractivity contribution in [3.8, 4) is 11.5 Å². The van der Waals surface area contributed by atoms with E-state index in [9.17, 15) is 4.79 Å². The summed E-state index contributed by atoms with van der Waals surface area (Å²) in [6, 6.07) is 13.3. The van der Waals surface area contributed by atoms with Gasteiger partial charge in [0.25, 0.3) is 0 Å². The van der Waals surface area contributed by atoms with Crippen LogP contribution in [0.25, 0.3) is 0 Å². The first-order valence-corrected chi connectivity index (χ1v) is 8.66. The Morgan fingerprint density at radius 1 is 1.23 bits per heavy atom. The highest BCUT2D eigenvalue weighted by molar-refractivity contribution is 6.32. The molecule has 6 nitrogen and oxygen atoms in total. The van der Waals surface area contributed by atoms with Crippen molar-refractivity contribution in [2.75, 3.05) is 19.1 Å². The lowest BCUT2D eigenvalue weighted by molar-refractivity contribution is -0.150. The van der Waals surface area contributed by atoms with Crippen LogP contribution in [0.2, 0.25) is 5.02 Å². The van der Waals surface area contributed by atoms with Gasteiger partial charge in [-0.2, -0.15) is 0 Å². The second kappa shape index (κ2) is 9.89. The Morgan fingerprint density at radius 2 is 1.96 bits per heavy atom. The highest BCUT2D eigenvalue weighted by Crippen LogP contribution is 2.37. The van der Waals surface area contributed by atoms with Gasteiger partial charge in [0.2, 0.25) is 0 Å². The average molecular weight is 379 g/mol. The maximum absolute atomic E-state index is 11.8. The summed E-state index contributed by atoms with van der Waals surface area (Å²) in [5.74, 6) is 0.308. The van der Waals surface area contributed by atoms with Gasteiger partial charge in [0.05, 0.1) is 18.7 Å². The van der Waals surface area contributed by atoms with E-state index in [4.69, 9.17) is 25.8 Å². The number of halogens is 1. The maximum Gasteiger partial charge on any atom is 0.347 e. The molecule has 0 aliphatic heterocycles. The van der Waals surface area contributed by atoms with Crippen molar-refractivity contribution in [1.82, 2.24) is 5.43 Å². The number of carbonyl (C=O) groups is 1. The molecule has 0 aromatic heterocycles. The number of hydrogen-bond acceptors (Lipinski definition) is 6. The average Bonchev–Trinajstić information content (AvgIpc) is 2.64. The minimum atomic E-state index is -0.787. The van der Waals surface area contributed by atoms with E-state index in [1.807, 2.05) is 30.3 Å².